The van der Waals surface area contributed by atoms with Gasteiger partial charge in [0.1, 0.15) is 5.60 Å². The topological polar surface area (TPSA) is 48.1 Å². The molecule has 0 N–H and O–H groups in total. The number of esters is 1. The van der Waals surface area contributed by atoms with E-state index in [1.807, 2.05) is 6.92 Å². The minimum absolute atomic E-state index is 0.258. The maximum absolute atomic E-state index is 11.9. The van der Waals surface area contributed by atoms with Gasteiger partial charge in [-0.15, -0.1) is 0 Å². The van der Waals surface area contributed by atoms with Crippen LogP contribution in [0.15, 0.2) is 0 Å². The minimum atomic E-state index is -0.757. The molecule has 2 rings (SSSR count). The van der Waals surface area contributed by atoms with Crippen molar-refractivity contribution in [3.05, 3.63) is 0 Å². The highest BCUT2D eigenvalue weighted by atomic mass is 16.7. The fourth-order valence-corrected chi connectivity index (χ4v) is 3.01. The lowest BCUT2D eigenvalue weighted by Crippen LogP contribution is -2.41. The Morgan fingerprint density at radius 3 is 2.75 bits per heavy atom. The van der Waals surface area contributed by atoms with Crippen molar-refractivity contribution in [2.24, 2.45) is 11.8 Å². The molecule has 3 atom stereocenters. The van der Waals surface area contributed by atoms with Crippen LogP contribution in [0.5, 0.6) is 0 Å². The quantitative estimate of drug-likeness (QED) is 0.541. The Balaban J connectivity index is 2.26. The highest BCUT2D eigenvalue weighted by molar-refractivity contribution is 5.85. The average molecular weight is 228 g/mol. The first-order valence-electron chi connectivity index (χ1n) is 5.90. The molecule has 0 amide bonds. The normalized spacial score (nSPS) is 41.7. The van der Waals surface area contributed by atoms with E-state index in [4.69, 9.17) is 14.2 Å². The molecule has 0 aromatic carbocycles. The first-order chi connectivity index (χ1) is 7.54. The predicted octanol–water partition coefficient (Wildman–Crippen LogP) is 1.38. The Morgan fingerprint density at radius 1 is 1.56 bits per heavy atom. The predicted molar refractivity (Wildman–Crippen MR) is 58.0 cm³/mol. The van der Waals surface area contributed by atoms with E-state index in [0.29, 0.717) is 25.6 Å². The van der Waals surface area contributed by atoms with Gasteiger partial charge in [0.25, 0.3) is 0 Å². The minimum Gasteiger partial charge on any atom is -0.467 e. The van der Waals surface area contributed by atoms with Crippen molar-refractivity contribution in [3.63, 3.8) is 0 Å². The second-order valence-corrected chi connectivity index (χ2v) is 5.03. The summed E-state index contributed by atoms with van der Waals surface area (Å²) in [5, 5.41) is 0. The molecule has 1 spiro atoms. The third-order valence-electron chi connectivity index (χ3n) is 4.03. The second kappa shape index (κ2) is 3.70. The zero-order valence-corrected chi connectivity index (χ0v) is 10.4. The summed E-state index contributed by atoms with van der Waals surface area (Å²) in [4.78, 5) is 11.9. The molecule has 92 valence electrons. The van der Waals surface area contributed by atoms with E-state index >= 15 is 0 Å². The zero-order valence-electron chi connectivity index (χ0n) is 10.4. The number of hydrogen-bond acceptors (Lipinski definition) is 4. The first-order valence-corrected chi connectivity index (χ1v) is 5.90. The van der Waals surface area contributed by atoms with Crippen LogP contribution in [0.2, 0.25) is 0 Å². The maximum Gasteiger partial charge on any atom is 0.341 e. The highest BCUT2D eigenvalue weighted by Crippen LogP contribution is 2.59. The SMILES string of the molecule is CCC1(C(=O)OC)OC12COCC2C(C)C. The largest absolute Gasteiger partial charge is 0.467 e. The van der Waals surface area contributed by atoms with Crippen LogP contribution in [-0.2, 0) is 19.0 Å². The fraction of sp³-hybridized carbons (Fsp3) is 0.917. The van der Waals surface area contributed by atoms with Crippen LogP contribution in [0.25, 0.3) is 0 Å². The summed E-state index contributed by atoms with van der Waals surface area (Å²) in [6.45, 7) is 7.43. The molecule has 0 aromatic heterocycles. The number of hydrogen-bond donors (Lipinski definition) is 0. The van der Waals surface area contributed by atoms with Gasteiger partial charge in [0.15, 0.2) is 5.60 Å². The van der Waals surface area contributed by atoms with Crippen molar-refractivity contribution in [1.29, 1.82) is 0 Å². The molecule has 0 aromatic rings. The van der Waals surface area contributed by atoms with Gasteiger partial charge < -0.3 is 14.2 Å². The van der Waals surface area contributed by atoms with Gasteiger partial charge in [0.05, 0.1) is 20.3 Å². The lowest BCUT2D eigenvalue weighted by molar-refractivity contribution is -0.147. The molecule has 2 saturated heterocycles. The molecule has 2 heterocycles. The molecule has 16 heavy (non-hydrogen) atoms. The summed E-state index contributed by atoms with van der Waals surface area (Å²) in [6.07, 6.45) is 0.645. The third-order valence-corrected chi connectivity index (χ3v) is 4.03. The van der Waals surface area contributed by atoms with E-state index in [0.717, 1.165) is 0 Å². The number of rotatable bonds is 3. The summed E-state index contributed by atoms with van der Waals surface area (Å²) >= 11 is 0. The zero-order chi connectivity index (χ0) is 12.0. The molecule has 4 heteroatoms. The number of epoxide rings is 1. The number of methoxy groups -OCH3 is 1. The van der Waals surface area contributed by atoms with Gasteiger partial charge in [-0.1, -0.05) is 20.8 Å². The van der Waals surface area contributed by atoms with E-state index in [1.165, 1.54) is 7.11 Å². The average Bonchev–Trinajstić information content (AvgIpc) is 2.70. The van der Waals surface area contributed by atoms with Gasteiger partial charge in [0.2, 0.25) is 0 Å². The molecular formula is C12H20O4. The summed E-state index contributed by atoms with van der Waals surface area (Å²) in [7, 11) is 1.41. The molecule has 2 aliphatic heterocycles. The molecule has 2 aliphatic rings. The van der Waals surface area contributed by atoms with Gasteiger partial charge in [-0.2, -0.15) is 0 Å². The van der Waals surface area contributed by atoms with Crippen LogP contribution in [0, 0.1) is 11.8 Å². The van der Waals surface area contributed by atoms with Crippen molar-refractivity contribution in [3.8, 4) is 0 Å². The van der Waals surface area contributed by atoms with E-state index in [-0.39, 0.29) is 11.9 Å². The monoisotopic (exact) mass is 228 g/mol. The highest BCUT2D eigenvalue weighted by Gasteiger charge is 2.79. The van der Waals surface area contributed by atoms with Crippen LogP contribution < -0.4 is 0 Å². The summed E-state index contributed by atoms with van der Waals surface area (Å²) in [5.74, 6) is 0.471. The third kappa shape index (κ3) is 1.26. The molecule has 4 nitrogen and oxygen atoms in total. The van der Waals surface area contributed by atoms with E-state index in [2.05, 4.69) is 13.8 Å². The van der Waals surface area contributed by atoms with Crippen molar-refractivity contribution in [2.75, 3.05) is 20.3 Å². The van der Waals surface area contributed by atoms with Crippen molar-refractivity contribution in [2.45, 2.75) is 38.4 Å². The van der Waals surface area contributed by atoms with Gasteiger partial charge in [-0.3, -0.25) is 0 Å². The lowest BCUT2D eigenvalue weighted by Gasteiger charge is -2.20. The summed E-state index contributed by atoms with van der Waals surface area (Å²) in [5.41, 5.74) is -1.18. The Hall–Kier alpha value is -0.610. The lowest BCUT2D eigenvalue weighted by atomic mass is 9.77. The maximum atomic E-state index is 11.9. The van der Waals surface area contributed by atoms with Crippen LogP contribution in [0.1, 0.15) is 27.2 Å². The van der Waals surface area contributed by atoms with Gasteiger partial charge in [-0.05, 0) is 12.3 Å². The number of carbonyl (C=O) groups is 1. The standard InChI is InChI=1S/C12H20O4/c1-5-11(10(13)14-4)12(16-11)7-15-6-9(12)8(2)3/h8-9H,5-7H2,1-4H3. The Bertz CT molecular complexity index is 301. The molecular weight excluding hydrogens is 208 g/mol. The van der Waals surface area contributed by atoms with Crippen molar-refractivity contribution < 1.29 is 19.0 Å². The molecule has 0 radical (unpaired) electrons. The van der Waals surface area contributed by atoms with Crippen LogP contribution in [0.4, 0.5) is 0 Å². The number of ether oxygens (including phenoxy) is 3. The van der Waals surface area contributed by atoms with Crippen molar-refractivity contribution in [1.82, 2.24) is 0 Å². The van der Waals surface area contributed by atoms with E-state index in [9.17, 15) is 4.79 Å². The number of carbonyl (C=O) groups excluding carboxylic acids is 1. The second-order valence-electron chi connectivity index (χ2n) is 5.03. The van der Waals surface area contributed by atoms with Gasteiger partial charge in [-0.25, -0.2) is 4.79 Å². The first kappa shape index (κ1) is 11.9. The summed E-state index contributed by atoms with van der Waals surface area (Å²) in [6, 6.07) is 0. The van der Waals surface area contributed by atoms with Crippen LogP contribution >= 0.6 is 0 Å². The van der Waals surface area contributed by atoms with Gasteiger partial charge >= 0.3 is 5.97 Å². The molecule has 2 fully saturated rings. The van der Waals surface area contributed by atoms with Crippen LogP contribution in [0.3, 0.4) is 0 Å². The Labute approximate surface area is 96.2 Å². The van der Waals surface area contributed by atoms with Crippen molar-refractivity contribution >= 4 is 5.97 Å². The Kier molecular flexibility index (Phi) is 2.75. The molecule has 0 bridgehead atoms. The van der Waals surface area contributed by atoms with E-state index in [1.54, 1.807) is 0 Å². The Morgan fingerprint density at radius 2 is 2.25 bits per heavy atom. The molecule has 0 aliphatic carbocycles. The molecule has 0 saturated carbocycles. The van der Waals surface area contributed by atoms with Crippen LogP contribution in [-0.4, -0.2) is 37.5 Å². The summed E-state index contributed by atoms with van der Waals surface area (Å²) < 4.78 is 16.2. The van der Waals surface area contributed by atoms with E-state index < -0.39 is 11.2 Å². The smallest absolute Gasteiger partial charge is 0.341 e. The fourth-order valence-electron chi connectivity index (χ4n) is 3.01. The van der Waals surface area contributed by atoms with Gasteiger partial charge in [0, 0.05) is 5.92 Å². The molecule has 3 unspecified atom stereocenters.